The first-order chi connectivity index (χ1) is 12.9. The number of carbonyl (C=O) groups is 2. The predicted octanol–water partition coefficient (Wildman–Crippen LogP) is 3.10. The molecule has 2 aromatic rings. The number of carboxylic acid groups (broad SMARTS) is 1. The minimum atomic E-state index is -1.14. The van der Waals surface area contributed by atoms with E-state index < -0.39 is 17.9 Å². The molecule has 0 radical (unpaired) electrons. The Morgan fingerprint density at radius 1 is 1.30 bits per heavy atom. The lowest BCUT2D eigenvalue weighted by molar-refractivity contribution is -0.140. The van der Waals surface area contributed by atoms with Crippen molar-refractivity contribution in [3.63, 3.8) is 0 Å². The van der Waals surface area contributed by atoms with Crippen molar-refractivity contribution in [2.75, 3.05) is 13.2 Å². The number of aryl methyl sites for hydroxylation is 1. The number of nitrogens with zero attached hydrogens (tertiary/aromatic N) is 1. The molecule has 0 spiro atoms. The van der Waals surface area contributed by atoms with Crippen molar-refractivity contribution in [2.45, 2.75) is 32.9 Å². The second-order valence-electron chi connectivity index (χ2n) is 6.43. The van der Waals surface area contributed by atoms with Crippen molar-refractivity contribution in [3.05, 3.63) is 71.6 Å². The van der Waals surface area contributed by atoms with Gasteiger partial charge in [0, 0.05) is 11.4 Å². The number of hydrogen-bond donors (Lipinski definition) is 2. The van der Waals surface area contributed by atoms with Crippen LogP contribution in [0.4, 0.5) is 0 Å². The van der Waals surface area contributed by atoms with Gasteiger partial charge in [0.1, 0.15) is 0 Å². The summed E-state index contributed by atoms with van der Waals surface area (Å²) in [6.45, 7) is 9.49. The minimum absolute atomic E-state index is 0.0546. The molecule has 2 atom stereocenters. The highest BCUT2D eigenvalue weighted by molar-refractivity contribution is 5.98. The summed E-state index contributed by atoms with van der Waals surface area (Å²) in [5.74, 6) is -1.57. The van der Waals surface area contributed by atoms with Crippen molar-refractivity contribution >= 4 is 11.9 Å². The standard InChI is InChI=1S/C21H26N2O4/c1-5-11-27-13-19(21(25)26)22-20(24)18-12-14(2)23(16(18)4)15(3)17-9-7-6-8-10-17/h5-10,12,15,19H,1,11,13H2,2-4H3,(H,22,24)(H,25,26). The Morgan fingerprint density at radius 3 is 2.56 bits per heavy atom. The number of hydrogen-bond acceptors (Lipinski definition) is 3. The summed E-state index contributed by atoms with van der Waals surface area (Å²) in [6.07, 6.45) is 1.53. The summed E-state index contributed by atoms with van der Waals surface area (Å²) in [7, 11) is 0. The monoisotopic (exact) mass is 370 g/mol. The van der Waals surface area contributed by atoms with Crippen LogP contribution in [0.1, 0.15) is 40.3 Å². The molecule has 0 saturated heterocycles. The van der Waals surface area contributed by atoms with Crippen LogP contribution in [-0.2, 0) is 9.53 Å². The minimum Gasteiger partial charge on any atom is -0.480 e. The van der Waals surface area contributed by atoms with Gasteiger partial charge in [0.2, 0.25) is 0 Å². The van der Waals surface area contributed by atoms with E-state index in [-0.39, 0.29) is 19.3 Å². The number of carbonyl (C=O) groups excluding carboxylic acids is 1. The van der Waals surface area contributed by atoms with Gasteiger partial charge in [-0.05, 0) is 32.4 Å². The van der Waals surface area contributed by atoms with Gasteiger partial charge in [-0.15, -0.1) is 6.58 Å². The van der Waals surface area contributed by atoms with E-state index >= 15 is 0 Å². The lowest BCUT2D eigenvalue weighted by atomic mass is 10.1. The van der Waals surface area contributed by atoms with E-state index in [2.05, 4.69) is 23.4 Å². The second-order valence-corrected chi connectivity index (χ2v) is 6.43. The Labute approximate surface area is 159 Å². The molecule has 0 bridgehead atoms. The van der Waals surface area contributed by atoms with Gasteiger partial charge in [-0.25, -0.2) is 4.79 Å². The lowest BCUT2D eigenvalue weighted by Gasteiger charge is -2.19. The molecule has 2 N–H and O–H groups in total. The molecule has 144 valence electrons. The highest BCUT2D eigenvalue weighted by atomic mass is 16.5. The molecule has 1 amide bonds. The van der Waals surface area contributed by atoms with Crippen molar-refractivity contribution in [3.8, 4) is 0 Å². The highest BCUT2D eigenvalue weighted by Crippen LogP contribution is 2.25. The van der Waals surface area contributed by atoms with Gasteiger partial charge in [-0.3, -0.25) is 4.79 Å². The zero-order valence-corrected chi connectivity index (χ0v) is 15.9. The molecule has 1 heterocycles. The van der Waals surface area contributed by atoms with E-state index in [4.69, 9.17) is 4.74 Å². The average molecular weight is 370 g/mol. The van der Waals surface area contributed by atoms with Crippen molar-refractivity contribution < 1.29 is 19.4 Å². The van der Waals surface area contributed by atoms with Crippen LogP contribution in [0.15, 0.2) is 49.1 Å². The average Bonchev–Trinajstić information content (AvgIpc) is 2.95. The Morgan fingerprint density at radius 2 is 1.96 bits per heavy atom. The summed E-state index contributed by atoms with van der Waals surface area (Å²) in [6, 6.07) is 10.7. The largest absolute Gasteiger partial charge is 0.480 e. The Bertz CT molecular complexity index is 811. The summed E-state index contributed by atoms with van der Waals surface area (Å²) in [5, 5.41) is 11.8. The van der Waals surface area contributed by atoms with E-state index in [1.807, 2.05) is 44.2 Å². The Kier molecular flexibility index (Phi) is 6.96. The zero-order valence-electron chi connectivity index (χ0n) is 15.9. The quantitative estimate of drug-likeness (QED) is 0.525. The number of rotatable bonds is 9. The summed E-state index contributed by atoms with van der Waals surface area (Å²) >= 11 is 0. The molecule has 2 rings (SSSR count). The number of aliphatic carboxylic acids is 1. The number of amides is 1. The highest BCUT2D eigenvalue weighted by Gasteiger charge is 2.24. The second kappa shape index (κ2) is 9.19. The van der Waals surface area contributed by atoms with Gasteiger partial charge in [-0.1, -0.05) is 36.4 Å². The SMILES string of the molecule is C=CCOCC(NC(=O)c1cc(C)n(C(C)c2ccccc2)c1C)C(=O)O. The van der Waals surface area contributed by atoms with E-state index in [0.717, 1.165) is 17.0 Å². The van der Waals surface area contributed by atoms with Crippen LogP contribution < -0.4 is 5.32 Å². The maximum absolute atomic E-state index is 12.7. The van der Waals surface area contributed by atoms with Crippen molar-refractivity contribution in [1.82, 2.24) is 9.88 Å². The number of nitrogens with one attached hydrogen (secondary N) is 1. The van der Waals surface area contributed by atoms with E-state index in [1.54, 1.807) is 6.07 Å². The number of ether oxygens (including phenoxy) is 1. The number of benzene rings is 1. The predicted molar refractivity (Wildman–Crippen MR) is 104 cm³/mol. The first-order valence-corrected chi connectivity index (χ1v) is 8.82. The first kappa shape index (κ1) is 20.5. The van der Waals surface area contributed by atoms with Gasteiger partial charge in [0.15, 0.2) is 6.04 Å². The Balaban J connectivity index is 2.22. The van der Waals surface area contributed by atoms with Crippen LogP contribution in [0.2, 0.25) is 0 Å². The van der Waals surface area contributed by atoms with E-state index in [1.165, 1.54) is 6.08 Å². The third kappa shape index (κ3) is 4.86. The number of carboxylic acids is 1. The molecule has 0 fully saturated rings. The Hall–Kier alpha value is -2.86. The maximum atomic E-state index is 12.7. The molecular weight excluding hydrogens is 344 g/mol. The molecule has 2 unspecified atom stereocenters. The fraction of sp³-hybridized carbons (Fsp3) is 0.333. The molecule has 27 heavy (non-hydrogen) atoms. The van der Waals surface area contributed by atoms with Gasteiger partial charge < -0.3 is 19.7 Å². The fourth-order valence-electron chi connectivity index (χ4n) is 3.16. The van der Waals surface area contributed by atoms with E-state index in [9.17, 15) is 14.7 Å². The molecule has 6 heteroatoms. The molecule has 1 aromatic heterocycles. The van der Waals surface area contributed by atoms with Crippen LogP contribution in [0.5, 0.6) is 0 Å². The van der Waals surface area contributed by atoms with Crippen molar-refractivity contribution in [1.29, 1.82) is 0 Å². The summed E-state index contributed by atoms with van der Waals surface area (Å²) < 4.78 is 7.26. The normalized spacial score (nSPS) is 13.0. The lowest BCUT2D eigenvalue weighted by Crippen LogP contribution is -2.44. The third-order valence-corrected chi connectivity index (χ3v) is 4.52. The first-order valence-electron chi connectivity index (χ1n) is 8.82. The van der Waals surface area contributed by atoms with Crippen LogP contribution in [-0.4, -0.2) is 40.8 Å². The van der Waals surface area contributed by atoms with Gasteiger partial charge in [-0.2, -0.15) is 0 Å². The van der Waals surface area contributed by atoms with Crippen LogP contribution in [0.25, 0.3) is 0 Å². The zero-order chi connectivity index (χ0) is 20.0. The van der Waals surface area contributed by atoms with Gasteiger partial charge >= 0.3 is 5.97 Å². The smallest absolute Gasteiger partial charge is 0.328 e. The maximum Gasteiger partial charge on any atom is 0.328 e. The van der Waals surface area contributed by atoms with Crippen LogP contribution >= 0.6 is 0 Å². The molecule has 6 nitrogen and oxygen atoms in total. The number of aromatic nitrogens is 1. The fourth-order valence-corrected chi connectivity index (χ4v) is 3.16. The molecule has 0 aliphatic rings. The van der Waals surface area contributed by atoms with E-state index in [0.29, 0.717) is 5.56 Å². The molecule has 0 aliphatic carbocycles. The van der Waals surface area contributed by atoms with Crippen LogP contribution in [0, 0.1) is 13.8 Å². The molecule has 1 aromatic carbocycles. The topological polar surface area (TPSA) is 80.6 Å². The molecular formula is C21H26N2O4. The van der Waals surface area contributed by atoms with Crippen LogP contribution in [0.3, 0.4) is 0 Å². The van der Waals surface area contributed by atoms with Crippen molar-refractivity contribution in [2.24, 2.45) is 0 Å². The summed E-state index contributed by atoms with van der Waals surface area (Å²) in [5.41, 5.74) is 3.32. The third-order valence-electron chi connectivity index (χ3n) is 4.52. The van der Waals surface area contributed by atoms with Gasteiger partial charge in [0.25, 0.3) is 5.91 Å². The molecule has 0 saturated carbocycles. The van der Waals surface area contributed by atoms with Gasteiger partial charge in [0.05, 0.1) is 24.8 Å². The summed E-state index contributed by atoms with van der Waals surface area (Å²) in [4.78, 5) is 24.1. The molecule has 0 aliphatic heterocycles.